The highest BCUT2D eigenvalue weighted by Crippen LogP contribution is 2.31. The van der Waals surface area contributed by atoms with Crippen molar-refractivity contribution in [1.29, 1.82) is 0 Å². The van der Waals surface area contributed by atoms with Crippen LogP contribution in [-0.4, -0.2) is 17.1 Å². The van der Waals surface area contributed by atoms with Gasteiger partial charge in [-0.1, -0.05) is 17.8 Å². The Balaban J connectivity index is 1.94. The van der Waals surface area contributed by atoms with Crippen molar-refractivity contribution in [1.82, 2.24) is 9.97 Å². The van der Waals surface area contributed by atoms with Gasteiger partial charge < -0.3 is 15.5 Å². The molecule has 0 bridgehead atoms. The topological polar surface area (TPSA) is 63.9 Å². The van der Waals surface area contributed by atoms with Crippen LogP contribution in [0.2, 0.25) is 0 Å². The van der Waals surface area contributed by atoms with Crippen LogP contribution >= 0.6 is 11.8 Å². The van der Waals surface area contributed by atoms with Crippen LogP contribution < -0.4 is 10.5 Å². The molecule has 1 heterocycles. The monoisotopic (exact) mass is 285 g/mol. The molecule has 0 spiro atoms. The van der Waals surface area contributed by atoms with Gasteiger partial charge in [-0.2, -0.15) is 0 Å². The maximum Gasteiger partial charge on any atom is 0.171 e. The molecule has 20 heavy (non-hydrogen) atoms. The van der Waals surface area contributed by atoms with E-state index >= 15 is 0 Å². The van der Waals surface area contributed by atoms with E-state index in [2.05, 4.69) is 29.0 Å². The Bertz CT molecular complexity index is 767. The number of nitrogens with one attached hydrogen (secondary N) is 1. The quantitative estimate of drug-likeness (QED) is 0.721. The number of hydrogen-bond donors (Lipinski definition) is 2. The fourth-order valence-corrected chi connectivity index (χ4v) is 2.93. The number of fused-ring (bicyclic) bond motifs is 1. The highest BCUT2D eigenvalue weighted by molar-refractivity contribution is 7.99. The van der Waals surface area contributed by atoms with Crippen LogP contribution in [0.4, 0.5) is 5.69 Å². The highest BCUT2D eigenvalue weighted by Gasteiger charge is 2.06. The Labute approximate surface area is 121 Å². The van der Waals surface area contributed by atoms with Crippen molar-refractivity contribution >= 4 is 28.5 Å². The highest BCUT2D eigenvalue weighted by atomic mass is 32.2. The van der Waals surface area contributed by atoms with E-state index in [4.69, 9.17) is 10.5 Å². The van der Waals surface area contributed by atoms with E-state index in [-0.39, 0.29) is 0 Å². The number of aromatic amines is 1. The fraction of sp³-hybridized carbons (Fsp3) is 0.133. The predicted octanol–water partition coefficient (Wildman–Crippen LogP) is 3.61. The normalized spacial score (nSPS) is 10.9. The molecule has 0 radical (unpaired) electrons. The Morgan fingerprint density at radius 3 is 2.85 bits per heavy atom. The summed E-state index contributed by atoms with van der Waals surface area (Å²) in [6, 6.07) is 11.8. The fourth-order valence-electron chi connectivity index (χ4n) is 2.03. The molecular formula is C15H15N3OS. The molecule has 0 saturated carbocycles. The van der Waals surface area contributed by atoms with Crippen LogP contribution in [0.15, 0.2) is 46.5 Å². The zero-order chi connectivity index (χ0) is 14.1. The van der Waals surface area contributed by atoms with Gasteiger partial charge in [0.05, 0.1) is 18.1 Å². The number of nitrogen functional groups attached to an aromatic ring is 1. The first-order chi connectivity index (χ1) is 9.64. The molecule has 0 atom stereocenters. The van der Waals surface area contributed by atoms with Crippen molar-refractivity contribution in [3.05, 3.63) is 42.0 Å². The molecule has 3 aromatic rings. The number of anilines is 1. The van der Waals surface area contributed by atoms with E-state index < -0.39 is 0 Å². The summed E-state index contributed by atoms with van der Waals surface area (Å²) in [5.41, 5.74) is 9.76. The van der Waals surface area contributed by atoms with Gasteiger partial charge in [0.15, 0.2) is 5.16 Å². The van der Waals surface area contributed by atoms with E-state index in [1.807, 2.05) is 18.2 Å². The van der Waals surface area contributed by atoms with Gasteiger partial charge in [0.25, 0.3) is 0 Å². The Kier molecular flexibility index (Phi) is 3.28. The smallest absolute Gasteiger partial charge is 0.171 e. The third-order valence-corrected chi connectivity index (χ3v) is 3.83. The summed E-state index contributed by atoms with van der Waals surface area (Å²) in [5.74, 6) is 0.749. The first-order valence-electron chi connectivity index (χ1n) is 6.23. The van der Waals surface area contributed by atoms with Crippen molar-refractivity contribution in [2.75, 3.05) is 12.8 Å². The minimum absolute atomic E-state index is 0.679. The molecule has 0 aliphatic heterocycles. The van der Waals surface area contributed by atoms with Gasteiger partial charge in [-0.15, -0.1) is 0 Å². The first kappa shape index (κ1) is 12.9. The van der Waals surface area contributed by atoms with E-state index in [9.17, 15) is 0 Å². The number of ether oxygens (including phenoxy) is 1. The zero-order valence-electron chi connectivity index (χ0n) is 11.3. The number of rotatable bonds is 3. The van der Waals surface area contributed by atoms with Crippen molar-refractivity contribution in [2.45, 2.75) is 17.0 Å². The molecule has 5 heteroatoms. The van der Waals surface area contributed by atoms with E-state index in [1.54, 1.807) is 13.2 Å². The number of benzene rings is 2. The second-order valence-electron chi connectivity index (χ2n) is 4.61. The average molecular weight is 285 g/mol. The summed E-state index contributed by atoms with van der Waals surface area (Å²) in [4.78, 5) is 8.87. The lowest BCUT2D eigenvalue weighted by atomic mass is 10.2. The van der Waals surface area contributed by atoms with Crippen LogP contribution in [0.25, 0.3) is 11.0 Å². The number of methoxy groups -OCH3 is 1. The van der Waals surface area contributed by atoms with Gasteiger partial charge >= 0.3 is 0 Å². The summed E-state index contributed by atoms with van der Waals surface area (Å²) < 4.78 is 5.22. The van der Waals surface area contributed by atoms with E-state index in [0.29, 0.717) is 5.69 Å². The molecule has 0 amide bonds. The second kappa shape index (κ2) is 5.09. The number of aromatic nitrogens is 2. The number of aryl methyl sites for hydroxylation is 1. The van der Waals surface area contributed by atoms with Crippen LogP contribution in [0.1, 0.15) is 5.56 Å². The maximum atomic E-state index is 5.86. The van der Waals surface area contributed by atoms with Gasteiger partial charge in [-0.25, -0.2) is 4.98 Å². The van der Waals surface area contributed by atoms with Gasteiger partial charge in [-0.05, 0) is 36.8 Å². The zero-order valence-corrected chi connectivity index (χ0v) is 12.1. The SMILES string of the molecule is COc1cc(N)cc(Sc2nc3ccc(C)cc3[nH]2)c1. The van der Waals surface area contributed by atoms with Crippen LogP contribution in [-0.2, 0) is 0 Å². The van der Waals surface area contributed by atoms with Gasteiger partial charge in [0.2, 0.25) is 0 Å². The molecule has 4 nitrogen and oxygen atoms in total. The molecule has 102 valence electrons. The van der Waals surface area contributed by atoms with Crippen molar-refractivity contribution in [3.8, 4) is 5.75 Å². The second-order valence-corrected chi connectivity index (χ2v) is 5.67. The molecule has 0 aliphatic rings. The van der Waals surface area contributed by atoms with E-state index in [0.717, 1.165) is 26.8 Å². The number of imidazole rings is 1. The number of hydrogen-bond acceptors (Lipinski definition) is 4. The van der Waals surface area contributed by atoms with Crippen LogP contribution in [0, 0.1) is 6.92 Å². The lowest BCUT2D eigenvalue weighted by Crippen LogP contribution is -1.89. The lowest BCUT2D eigenvalue weighted by Gasteiger charge is -2.04. The molecule has 3 N–H and O–H groups in total. The third kappa shape index (κ3) is 2.58. The van der Waals surface area contributed by atoms with Gasteiger partial charge in [0, 0.05) is 16.6 Å². The summed E-state index contributed by atoms with van der Waals surface area (Å²) in [6.07, 6.45) is 0. The molecule has 3 rings (SSSR count). The van der Waals surface area contributed by atoms with E-state index in [1.165, 1.54) is 17.3 Å². The number of H-pyrrole nitrogens is 1. The Morgan fingerprint density at radius 2 is 2.05 bits per heavy atom. The van der Waals surface area contributed by atoms with Crippen molar-refractivity contribution < 1.29 is 4.74 Å². The standard InChI is InChI=1S/C15H15N3OS/c1-9-3-4-13-14(5-9)18-15(17-13)20-12-7-10(16)6-11(8-12)19-2/h3-8H,16H2,1-2H3,(H,17,18). The number of nitrogens with two attached hydrogens (primary N) is 1. The minimum atomic E-state index is 0.679. The predicted molar refractivity (Wildman–Crippen MR) is 82.4 cm³/mol. The van der Waals surface area contributed by atoms with Gasteiger partial charge in [0.1, 0.15) is 5.75 Å². The van der Waals surface area contributed by atoms with Crippen molar-refractivity contribution in [2.24, 2.45) is 0 Å². The molecular weight excluding hydrogens is 270 g/mol. The molecule has 0 unspecified atom stereocenters. The summed E-state index contributed by atoms with van der Waals surface area (Å²) in [6.45, 7) is 2.07. The summed E-state index contributed by atoms with van der Waals surface area (Å²) >= 11 is 1.54. The molecule has 0 fully saturated rings. The number of nitrogens with zero attached hydrogens (tertiary/aromatic N) is 1. The maximum absolute atomic E-state index is 5.86. The Hall–Kier alpha value is -2.14. The molecule has 0 saturated heterocycles. The van der Waals surface area contributed by atoms with Crippen LogP contribution in [0.5, 0.6) is 5.75 Å². The molecule has 2 aromatic carbocycles. The minimum Gasteiger partial charge on any atom is -0.497 e. The first-order valence-corrected chi connectivity index (χ1v) is 7.04. The van der Waals surface area contributed by atoms with Crippen LogP contribution in [0.3, 0.4) is 0 Å². The molecule has 0 aliphatic carbocycles. The van der Waals surface area contributed by atoms with Crippen molar-refractivity contribution in [3.63, 3.8) is 0 Å². The van der Waals surface area contributed by atoms with Gasteiger partial charge in [-0.3, -0.25) is 0 Å². The Morgan fingerprint density at radius 1 is 1.20 bits per heavy atom. The third-order valence-electron chi connectivity index (χ3n) is 2.97. The summed E-state index contributed by atoms with van der Waals surface area (Å²) in [5, 5.41) is 0.846. The largest absolute Gasteiger partial charge is 0.497 e. The molecule has 1 aromatic heterocycles. The average Bonchev–Trinajstić information content (AvgIpc) is 2.79. The lowest BCUT2D eigenvalue weighted by molar-refractivity contribution is 0.414. The summed E-state index contributed by atoms with van der Waals surface area (Å²) in [7, 11) is 1.63.